The monoisotopic (exact) mass is 374 g/mol. The van der Waals surface area contributed by atoms with Gasteiger partial charge in [-0.25, -0.2) is 0 Å². The second-order valence-electron chi connectivity index (χ2n) is 5.97. The Morgan fingerprint density at radius 3 is 1.96 bits per heavy atom. The standard InChI is InChI=1S/C22H30O3S/c1-3-4-5-6-7-8-9-10-11-12-13-14-15-20-25-26(23,24)22-18-16-21(2)17-19-22/h3-6,10-13,16-19H,7-9,14-15,20H2,1-2H3/b4-3+,6-5+,11-10+,13-12+. The zero-order chi connectivity index (χ0) is 19.1. The average molecular weight is 375 g/mol. The summed E-state index contributed by atoms with van der Waals surface area (Å²) in [6, 6.07) is 6.69. The summed E-state index contributed by atoms with van der Waals surface area (Å²) in [5.74, 6) is 0. The summed E-state index contributed by atoms with van der Waals surface area (Å²) in [7, 11) is -3.64. The molecule has 0 aliphatic heterocycles. The molecule has 0 bridgehead atoms. The van der Waals surface area contributed by atoms with E-state index in [2.05, 4.69) is 18.2 Å². The number of allylic oxidation sites excluding steroid dienone is 8. The fraction of sp³-hybridized carbons (Fsp3) is 0.364. The summed E-state index contributed by atoms with van der Waals surface area (Å²) < 4.78 is 29.1. The fourth-order valence-electron chi connectivity index (χ4n) is 2.13. The minimum absolute atomic E-state index is 0.197. The molecule has 0 saturated carbocycles. The summed E-state index contributed by atoms with van der Waals surface area (Å²) in [4.78, 5) is 0.210. The molecule has 142 valence electrons. The molecule has 1 aromatic rings. The number of unbranched alkanes of at least 4 members (excludes halogenated alkanes) is 3. The number of rotatable bonds is 12. The molecule has 0 atom stereocenters. The lowest BCUT2D eigenvalue weighted by atomic mass is 10.2. The van der Waals surface area contributed by atoms with Crippen LogP contribution in [0.5, 0.6) is 0 Å². The van der Waals surface area contributed by atoms with Crippen LogP contribution < -0.4 is 0 Å². The van der Waals surface area contributed by atoms with Crippen molar-refractivity contribution < 1.29 is 12.6 Å². The third kappa shape index (κ3) is 10.2. The predicted octanol–water partition coefficient (Wildman–Crippen LogP) is 5.90. The summed E-state index contributed by atoms with van der Waals surface area (Å²) >= 11 is 0. The smallest absolute Gasteiger partial charge is 0.266 e. The van der Waals surface area contributed by atoms with Crippen LogP contribution in [0.2, 0.25) is 0 Å². The molecule has 4 heteroatoms. The van der Waals surface area contributed by atoms with Crippen LogP contribution in [0.1, 0.15) is 44.6 Å². The van der Waals surface area contributed by atoms with E-state index in [1.807, 2.05) is 44.2 Å². The molecule has 0 heterocycles. The maximum absolute atomic E-state index is 12.0. The summed E-state index contributed by atoms with van der Waals surface area (Å²) in [5, 5.41) is 0. The molecule has 1 aromatic carbocycles. The second kappa shape index (κ2) is 13.3. The maximum atomic E-state index is 12.0. The molecule has 0 spiro atoms. The molecule has 0 aromatic heterocycles. The highest BCUT2D eigenvalue weighted by molar-refractivity contribution is 7.86. The van der Waals surface area contributed by atoms with Crippen molar-refractivity contribution in [3.63, 3.8) is 0 Å². The Hall–Kier alpha value is -1.91. The summed E-state index contributed by atoms with van der Waals surface area (Å²) in [5.41, 5.74) is 1.02. The van der Waals surface area contributed by atoms with Crippen LogP contribution in [-0.2, 0) is 14.3 Å². The van der Waals surface area contributed by atoms with Gasteiger partial charge in [0.25, 0.3) is 10.1 Å². The topological polar surface area (TPSA) is 43.4 Å². The minimum atomic E-state index is -3.64. The summed E-state index contributed by atoms with van der Waals surface area (Å²) in [6.07, 6.45) is 21.3. The zero-order valence-electron chi connectivity index (χ0n) is 15.8. The molecular formula is C22H30O3S. The number of aryl methyl sites for hydroxylation is 1. The third-order valence-electron chi connectivity index (χ3n) is 3.63. The highest BCUT2D eigenvalue weighted by Crippen LogP contribution is 2.13. The van der Waals surface area contributed by atoms with Gasteiger partial charge in [-0.3, -0.25) is 4.18 Å². The Labute approximate surface area is 158 Å². The largest absolute Gasteiger partial charge is 0.296 e. The van der Waals surface area contributed by atoms with Gasteiger partial charge in [-0.1, -0.05) is 66.3 Å². The highest BCUT2D eigenvalue weighted by Gasteiger charge is 2.13. The normalized spacial score (nSPS) is 13.0. The number of hydrogen-bond donors (Lipinski definition) is 0. The Kier molecular flexibility index (Phi) is 11.3. The van der Waals surface area contributed by atoms with Crippen molar-refractivity contribution in [1.29, 1.82) is 0 Å². The molecule has 3 nitrogen and oxygen atoms in total. The van der Waals surface area contributed by atoms with Gasteiger partial charge >= 0.3 is 0 Å². The van der Waals surface area contributed by atoms with Crippen molar-refractivity contribution in [3.05, 3.63) is 78.4 Å². The van der Waals surface area contributed by atoms with Crippen LogP contribution >= 0.6 is 0 Å². The maximum Gasteiger partial charge on any atom is 0.296 e. The highest BCUT2D eigenvalue weighted by atomic mass is 32.2. The lowest BCUT2D eigenvalue weighted by Gasteiger charge is -2.05. The quantitative estimate of drug-likeness (QED) is 0.260. The molecule has 0 saturated heterocycles. The van der Waals surface area contributed by atoms with Gasteiger partial charge in [0.1, 0.15) is 0 Å². The van der Waals surface area contributed by atoms with E-state index in [1.165, 1.54) is 0 Å². The van der Waals surface area contributed by atoms with Gasteiger partial charge in [0.05, 0.1) is 11.5 Å². The molecule has 0 unspecified atom stereocenters. The van der Waals surface area contributed by atoms with Gasteiger partial charge in [0.2, 0.25) is 0 Å². The van der Waals surface area contributed by atoms with E-state index >= 15 is 0 Å². The van der Waals surface area contributed by atoms with Crippen LogP contribution in [0.15, 0.2) is 77.8 Å². The first-order valence-electron chi connectivity index (χ1n) is 9.12. The molecule has 0 aliphatic rings. The molecule has 0 amide bonds. The van der Waals surface area contributed by atoms with Gasteiger partial charge in [0, 0.05) is 0 Å². The summed E-state index contributed by atoms with van der Waals surface area (Å²) in [6.45, 7) is 4.12. The van der Waals surface area contributed by atoms with Crippen LogP contribution in [0, 0.1) is 6.92 Å². The van der Waals surface area contributed by atoms with Crippen molar-refractivity contribution in [2.45, 2.75) is 50.8 Å². The number of hydrogen-bond acceptors (Lipinski definition) is 3. The van der Waals surface area contributed by atoms with E-state index in [0.29, 0.717) is 6.42 Å². The van der Waals surface area contributed by atoms with Gasteiger partial charge in [-0.15, -0.1) is 0 Å². The SMILES string of the molecule is C/C=C/C=C/CCC/C=C/C=C/CCCOS(=O)(=O)c1ccc(C)cc1. The Balaban J connectivity index is 2.13. The second-order valence-corrected chi connectivity index (χ2v) is 7.59. The van der Waals surface area contributed by atoms with Crippen molar-refractivity contribution >= 4 is 10.1 Å². The molecule has 0 aliphatic carbocycles. The van der Waals surface area contributed by atoms with E-state index in [1.54, 1.807) is 24.3 Å². The van der Waals surface area contributed by atoms with E-state index in [0.717, 1.165) is 31.2 Å². The lowest BCUT2D eigenvalue weighted by Crippen LogP contribution is -2.07. The van der Waals surface area contributed by atoms with Crippen molar-refractivity contribution in [2.24, 2.45) is 0 Å². The first-order chi connectivity index (χ1) is 12.6. The van der Waals surface area contributed by atoms with Gasteiger partial charge in [-0.05, 0) is 58.1 Å². The first-order valence-corrected chi connectivity index (χ1v) is 10.5. The van der Waals surface area contributed by atoms with Crippen LogP contribution in [-0.4, -0.2) is 15.0 Å². The van der Waals surface area contributed by atoms with E-state index < -0.39 is 10.1 Å². The van der Waals surface area contributed by atoms with E-state index in [9.17, 15) is 8.42 Å². The van der Waals surface area contributed by atoms with Crippen molar-refractivity contribution in [2.75, 3.05) is 6.61 Å². The lowest BCUT2D eigenvalue weighted by molar-refractivity contribution is 0.313. The molecule has 0 N–H and O–H groups in total. The molecule has 0 radical (unpaired) electrons. The fourth-order valence-corrected chi connectivity index (χ4v) is 3.07. The Morgan fingerprint density at radius 2 is 1.38 bits per heavy atom. The minimum Gasteiger partial charge on any atom is -0.266 e. The van der Waals surface area contributed by atoms with Crippen LogP contribution in [0.4, 0.5) is 0 Å². The molecule has 26 heavy (non-hydrogen) atoms. The van der Waals surface area contributed by atoms with Crippen LogP contribution in [0.25, 0.3) is 0 Å². The van der Waals surface area contributed by atoms with Gasteiger partial charge in [0.15, 0.2) is 0 Å². The van der Waals surface area contributed by atoms with E-state index in [4.69, 9.17) is 4.18 Å². The third-order valence-corrected chi connectivity index (χ3v) is 4.95. The molecule has 0 fully saturated rings. The zero-order valence-corrected chi connectivity index (χ0v) is 16.6. The van der Waals surface area contributed by atoms with Gasteiger partial charge in [-0.2, -0.15) is 8.42 Å². The molecular weight excluding hydrogens is 344 g/mol. The predicted molar refractivity (Wildman–Crippen MR) is 110 cm³/mol. The first kappa shape index (κ1) is 22.1. The number of benzene rings is 1. The Morgan fingerprint density at radius 1 is 0.846 bits per heavy atom. The van der Waals surface area contributed by atoms with Crippen molar-refractivity contribution in [3.8, 4) is 0 Å². The van der Waals surface area contributed by atoms with Crippen molar-refractivity contribution in [1.82, 2.24) is 0 Å². The van der Waals surface area contributed by atoms with Gasteiger partial charge < -0.3 is 0 Å². The molecule has 1 rings (SSSR count). The average Bonchev–Trinajstić information content (AvgIpc) is 2.62. The Bertz CT molecular complexity index is 708. The van der Waals surface area contributed by atoms with Crippen LogP contribution in [0.3, 0.4) is 0 Å². The van der Waals surface area contributed by atoms with E-state index in [-0.39, 0.29) is 11.5 Å².